The molecule has 6 heteroatoms. The van der Waals surface area contributed by atoms with Gasteiger partial charge in [-0.2, -0.15) is 0 Å². The van der Waals surface area contributed by atoms with Gasteiger partial charge < -0.3 is 9.88 Å². The average molecular weight is 358 g/mol. The van der Waals surface area contributed by atoms with Crippen molar-refractivity contribution in [2.24, 2.45) is 7.05 Å². The van der Waals surface area contributed by atoms with Gasteiger partial charge in [0.15, 0.2) is 0 Å². The summed E-state index contributed by atoms with van der Waals surface area (Å²) in [7, 11) is 1.87. The molecule has 1 heterocycles. The lowest BCUT2D eigenvalue weighted by Gasteiger charge is -2.19. The first kappa shape index (κ1) is 17.2. The summed E-state index contributed by atoms with van der Waals surface area (Å²) in [4.78, 5) is 16.8. The monoisotopic (exact) mass is 357 g/mol. The van der Waals surface area contributed by atoms with Gasteiger partial charge in [0.1, 0.15) is 17.7 Å². The number of amides is 1. The van der Waals surface area contributed by atoms with Gasteiger partial charge in [-0.25, -0.2) is 9.37 Å². The molecule has 3 aromatic rings. The molecule has 0 aliphatic rings. The molecule has 0 spiro atoms. The minimum Gasteiger partial charge on any atom is -0.342 e. The first-order valence-corrected chi connectivity index (χ1v) is 8.17. The number of hydrogen-bond acceptors (Lipinski definition) is 2. The molecular formula is C19H17ClFN3O. The second-order valence-electron chi connectivity index (χ2n) is 5.75. The Bertz CT molecular complexity index is 859. The molecule has 128 valence electrons. The molecule has 0 unspecified atom stereocenters. The van der Waals surface area contributed by atoms with Gasteiger partial charge in [-0.3, -0.25) is 4.79 Å². The molecule has 2 aromatic carbocycles. The molecule has 0 fully saturated rings. The van der Waals surface area contributed by atoms with Crippen LogP contribution in [0.25, 0.3) is 0 Å². The summed E-state index contributed by atoms with van der Waals surface area (Å²) in [5, 5.41) is 3.62. The van der Waals surface area contributed by atoms with Gasteiger partial charge in [0.2, 0.25) is 5.91 Å². The number of carbonyl (C=O) groups excluding carboxylic acids is 1. The molecule has 3 rings (SSSR count). The SMILES string of the molecule is Cn1ccnc1[C@@H](NC(=O)Cc1ccc(F)cc1)c1ccc(Cl)cc1. The summed E-state index contributed by atoms with van der Waals surface area (Å²) in [5.41, 5.74) is 1.62. The van der Waals surface area contributed by atoms with Crippen molar-refractivity contribution < 1.29 is 9.18 Å². The molecule has 1 amide bonds. The first-order valence-electron chi connectivity index (χ1n) is 7.79. The van der Waals surface area contributed by atoms with Crippen LogP contribution in [0.2, 0.25) is 5.02 Å². The quantitative estimate of drug-likeness (QED) is 0.757. The lowest BCUT2D eigenvalue weighted by Crippen LogP contribution is -2.32. The molecule has 0 aliphatic carbocycles. The second-order valence-corrected chi connectivity index (χ2v) is 6.19. The standard InChI is InChI=1S/C19H17ClFN3O/c1-24-11-10-22-19(24)18(14-4-6-15(20)7-5-14)23-17(25)12-13-2-8-16(21)9-3-13/h2-11,18H,12H2,1H3,(H,23,25)/t18-/m0/s1. The van der Waals surface area contributed by atoms with Crippen LogP contribution in [0.1, 0.15) is 23.0 Å². The Morgan fingerprint density at radius 2 is 1.88 bits per heavy atom. The van der Waals surface area contributed by atoms with Gasteiger partial charge in [0.05, 0.1) is 6.42 Å². The van der Waals surface area contributed by atoms with E-state index in [0.29, 0.717) is 5.02 Å². The van der Waals surface area contributed by atoms with Crippen molar-refractivity contribution in [1.82, 2.24) is 14.9 Å². The zero-order chi connectivity index (χ0) is 17.8. The second kappa shape index (κ2) is 7.49. The molecule has 0 saturated heterocycles. The Morgan fingerprint density at radius 3 is 2.48 bits per heavy atom. The number of aryl methyl sites for hydroxylation is 1. The normalized spacial score (nSPS) is 12.0. The van der Waals surface area contributed by atoms with Gasteiger partial charge in [0, 0.05) is 24.5 Å². The summed E-state index contributed by atoms with van der Waals surface area (Å²) < 4.78 is 14.9. The highest BCUT2D eigenvalue weighted by Crippen LogP contribution is 2.22. The van der Waals surface area contributed by atoms with E-state index < -0.39 is 6.04 Å². The van der Waals surface area contributed by atoms with E-state index in [9.17, 15) is 9.18 Å². The minimum atomic E-state index is -0.398. The summed E-state index contributed by atoms with van der Waals surface area (Å²) in [6, 6.07) is 12.8. The van der Waals surface area contributed by atoms with Crippen LogP contribution >= 0.6 is 11.6 Å². The number of rotatable bonds is 5. The number of hydrogen-bond donors (Lipinski definition) is 1. The number of benzene rings is 2. The lowest BCUT2D eigenvalue weighted by molar-refractivity contribution is -0.121. The van der Waals surface area contributed by atoms with E-state index in [1.807, 2.05) is 29.9 Å². The van der Waals surface area contributed by atoms with Crippen LogP contribution in [0.5, 0.6) is 0 Å². The number of halogens is 2. The number of nitrogens with one attached hydrogen (secondary N) is 1. The number of aromatic nitrogens is 2. The third-order valence-electron chi connectivity index (χ3n) is 3.90. The maximum Gasteiger partial charge on any atom is 0.225 e. The van der Waals surface area contributed by atoms with Crippen LogP contribution in [0.15, 0.2) is 60.9 Å². The molecule has 1 N–H and O–H groups in total. The smallest absolute Gasteiger partial charge is 0.225 e. The topological polar surface area (TPSA) is 46.9 Å². The van der Waals surface area contributed by atoms with Crippen LogP contribution in [-0.2, 0) is 18.3 Å². The highest BCUT2D eigenvalue weighted by atomic mass is 35.5. The van der Waals surface area contributed by atoms with E-state index in [0.717, 1.165) is 17.0 Å². The van der Waals surface area contributed by atoms with Crippen LogP contribution in [-0.4, -0.2) is 15.5 Å². The number of carbonyl (C=O) groups is 1. The van der Waals surface area contributed by atoms with Crippen molar-refractivity contribution in [1.29, 1.82) is 0 Å². The summed E-state index contributed by atoms with van der Waals surface area (Å²) >= 11 is 5.96. The van der Waals surface area contributed by atoms with Crippen molar-refractivity contribution in [3.05, 3.63) is 88.7 Å². The molecule has 4 nitrogen and oxygen atoms in total. The van der Waals surface area contributed by atoms with E-state index in [1.165, 1.54) is 12.1 Å². The fraction of sp³-hybridized carbons (Fsp3) is 0.158. The Kier molecular flexibility index (Phi) is 5.14. The van der Waals surface area contributed by atoms with Crippen molar-refractivity contribution in [3.8, 4) is 0 Å². The highest BCUT2D eigenvalue weighted by Gasteiger charge is 2.20. The summed E-state index contributed by atoms with van der Waals surface area (Å²) in [6.45, 7) is 0. The Morgan fingerprint density at radius 1 is 1.20 bits per heavy atom. The van der Waals surface area contributed by atoms with Gasteiger partial charge in [-0.1, -0.05) is 35.9 Å². The van der Waals surface area contributed by atoms with E-state index in [1.54, 1.807) is 30.5 Å². The minimum absolute atomic E-state index is 0.162. The predicted octanol–water partition coefficient (Wildman–Crippen LogP) is 3.66. The number of imidazole rings is 1. The molecule has 0 radical (unpaired) electrons. The fourth-order valence-corrected chi connectivity index (χ4v) is 2.73. The van der Waals surface area contributed by atoms with Crippen molar-refractivity contribution in [2.45, 2.75) is 12.5 Å². The molecular weight excluding hydrogens is 341 g/mol. The maximum absolute atomic E-state index is 13.0. The maximum atomic E-state index is 13.0. The largest absolute Gasteiger partial charge is 0.342 e. The molecule has 1 aromatic heterocycles. The summed E-state index contributed by atoms with van der Waals surface area (Å²) in [6.07, 6.45) is 3.67. The van der Waals surface area contributed by atoms with Gasteiger partial charge in [0.25, 0.3) is 0 Å². The third kappa shape index (κ3) is 4.25. The van der Waals surface area contributed by atoms with E-state index in [2.05, 4.69) is 10.3 Å². The summed E-state index contributed by atoms with van der Waals surface area (Å²) in [5.74, 6) is 0.223. The number of nitrogens with zero attached hydrogens (tertiary/aromatic N) is 2. The van der Waals surface area contributed by atoms with Gasteiger partial charge in [-0.15, -0.1) is 0 Å². The van der Waals surface area contributed by atoms with Crippen LogP contribution in [0, 0.1) is 5.82 Å². The Hall–Kier alpha value is -2.66. The van der Waals surface area contributed by atoms with E-state index in [4.69, 9.17) is 11.6 Å². The Balaban J connectivity index is 1.82. The van der Waals surface area contributed by atoms with E-state index >= 15 is 0 Å². The molecule has 1 atom stereocenters. The van der Waals surface area contributed by atoms with Crippen LogP contribution in [0.3, 0.4) is 0 Å². The van der Waals surface area contributed by atoms with Crippen molar-refractivity contribution in [2.75, 3.05) is 0 Å². The fourth-order valence-electron chi connectivity index (χ4n) is 2.61. The van der Waals surface area contributed by atoms with Crippen molar-refractivity contribution >= 4 is 17.5 Å². The molecule has 25 heavy (non-hydrogen) atoms. The molecule has 0 aliphatic heterocycles. The van der Waals surface area contributed by atoms with Crippen LogP contribution in [0.4, 0.5) is 4.39 Å². The highest BCUT2D eigenvalue weighted by molar-refractivity contribution is 6.30. The van der Waals surface area contributed by atoms with Gasteiger partial charge >= 0.3 is 0 Å². The van der Waals surface area contributed by atoms with Gasteiger partial charge in [-0.05, 0) is 35.4 Å². The predicted molar refractivity (Wildman–Crippen MR) is 94.7 cm³/mol. The van der Waals surface area contributed by atoms with E-state index in [-0.39, 0.29) is 18.1 Å². The van der Waals surface area contributed by atoms with Crippen LogP contribution < -0.4 is 5.32 Å². The zero-order valence-corrected chi connectivity index (χ0v) is 14.4. The zero-order valence-electron chi connectivity index (χ0n) is 13.6. The van der Waals surface area contributed by atoms with Crippen molar-refractivity contribution in [3.63, 3.8) is 0 Å². The average Bonchev–Trinajstić information content (AvgIpc) is 3.01. The third-order valence-corrected chi connectivity index (χ3v) is 4.16. The Labute approximate surface area is 150 Å². The molecule has 0 saturated carbocycles. The first-order chi connectivity index (χ1) is 12.0. The lowest BCUT2D eigenvalue weighted by atomic mass is 10.1. The molecule has 0 bridgehead atoms.